The summed E-state index contributed by atoms with van der Waals surface area (Å²) in [6.45, 7) is 0.714. The first-order valence-corrected chi connectivity index (χ1v) is 5.91. The zero-order valence-electron chi connectivity index (χ0n) is 9.04. The molecule has 0 spiro atoms. The normalized spacial score (nSPS) is 20.9. The minimum atomic E-state index is -4.33. The Morgan fingerprint density at radius 3 is 2.88 bits per heavy atom. The number of halogens is 4. The van der Waals surface area contributed by atoms with Gasteiger partial charge in [0.15, 0.2) is 0 Å². The van der Waals surface area contributed by atoms with Crippen LogP contribution in [0.15, 0.2) is 18.3 Å². The van der Waals surface area contributed by atoms with E-state index in [1.807, 2.05) is 4.90 Å². The van der Waals surface area contributed by atoms with Gasteiger partial charge < -0.3 is 4.90 Å². The molecule has 0 radical (unpaired) electrons. The molecule has 6 heteroatoms. The molecule has 1 aliphatic rings. The van der Waals surface area contributed by atoms with Crippen LogP contribution in [0.1, 0.15) is 18.4 Å². The van der Waals surface area contributed by atoms with Crippen LogP contribution in [0.2, 0.25) is 0 Å². The average molecular weight is 265 g/mol. The predicted molar refractivity (Wildman–Crippen MR) is 60.3 cm³/mol. The van der Waals surface area contributed by atoms with Gasteiger partial charge in [-0.15, -0.1) is 11.6 Å². The summed E-state index contributed by atoms with van der Waals surface area (Å²) in [7, 11) is 0. The second kappa shape index (κ2) is 4.72. The molecule has 1 aliphatic heterocycles. The molecule has 1 aromatic rings. The molecule has 0 N–H and O–H groups in total. The lowest BCUT2D eigenvalue weighted by molar-refractivity contribution is -0.137. The van der Waals surface area contributed by atoms with Crippen LogP contribution in [0.3, 0.4) is 0 Å². The topological polar surface area (TPSA) is 16.1 Å². The average Bonchev–Trinajstić information content (AvgIpc) is 2.76. The summed E-state index contributed by atoms with van der Waals surface area (Å²) in [4.78, 5) is 5.85. The summed E-state index contributed by atoms with van der Waals surface area (Å²) in [6, 6.07) is 2.16. The summed E-state index contributed by atoms with van der Waals surface area (Å²) in [5.74, 6) is 0.778. The van der Waals surface area contributed by atoms with Crippen LogP contribution < -0.4 is 4.90 Å². The van der Waals surface area contributed by atoms with Crippen molar-refractivity contribution in [1.29, 1.82) is 0 Å². The maximum atomic E-state index is 12.6. The molecule has 0 bridgehead atoms. The quantitative estimate of drug-likeness (QED) is 0.762. The van der Waals surface area contributed by atoms with Gasteiger partial charge in [-0.3, -0.25) is 0 Å². The van der Waals surface area contributed by atoms with Crippen molar-refractivity contribution < 1.29 is 13.2 Å². The van der Waals surface area contributed by atoms with E-state index in [0.29, 0.717) is 18.2 Å². The molecule has 1 fully saturated rings. The largest absolute Gasteiger partial charge is 0.416 e. The van der Waals surface area contributed by atoms with Crippen molar-refractivity contribution in [2.75, 3.05) is 17.3 Å². The number of anilines is 1. The second-order valence-electron chi connectivity index (χ2n) is 4.04. The van der Waals surface area contributed by atoms with Gasteiger partial charge in [0.05, 0.1) is 5.56 Å². The Hall–Kier alpha value is -0.970. The van der Waals surface area contributed by atoms with Gasteiger partial charge in [0.1, 0.15) is 5.82 Å². The van der Waals surface area contributed by atoms with Gasteiger partial charge in [-0.1, -0.05) is 0 Å². The van der Waals surface area contributed by atoms with Gasteiger partial charge >= 0.3 is 6.18 Å². The van der Waals surface area contributed by atoms with Crippen molar-refractivity contribution in [1.82, 2.24) is 4.98 Å². The summed E-state index contributed by atoms with van der Waals surface area (Å²) in [5, 5.41) is 0. The van der Waals surface area contributed by atoms with Crippen LogP contribution in [-0.2, 0) is 6.18 Å². The molecule has 0 aliphatic carbocycles. The van der Waals surface area contributed by atoms with Crippen molar-refractivity contribution in [2.45, 2.75) is 25.1 Å². The highest BCUT2D eigenvalue weighted by atomic mass is 35.5. The molecule has 1 aromatic heterocycles. The third-order valence-corrected chi connectivity index (χ3v) is 3.28. The monoisotopic (exact) mass is 264 g/mol. The fourth-order valence-corrected chi connectivity index (χ4v) is 2.37. The van der Waals surface area contributed by atoms with E-state index in [2.05, 4.69) is 4.98 Å². The minimum Gasteiger partial charge on any atom is -0.352 e. The molecule has 1 unspecified atom stereocenters. The van der Waals surface area contributed by atoms with E-state index in [9.17, 15) is 13.2 Å². The van der Waals surface area contributed by atoms with Crippen LogP contribution in [0.5, 0.6) is 0 Å². The number of rotatable bonds is 2. The van der Waals surface area contributed by atoms with E-state index >= 15 is 0 Å². The number of aromatic nitrogens is 1. The molecule has 0 aromatic carbocycles. The van der Waals surface area contributed by atoms with E-state index in [4.69, 9.17) is 11.6 Å². The van der Waals surface area contributed by atoms with Crippen molar-refractivity contribution >= 4 is 17.4 Å². The molecular formula is C11H12ClF3N2. The van der Waals surface area contributed by atoms with Crippen LogP contribution >= 0.6 is 11.6 Å². The fourth-order valence-electron chi connectivity index (χ4n) is 2.05. The van der Waals surface area contributed by atoms with Gasteiger partial charge in [0.25, 0.3) is 0 Å². The molecule has 1 atom stereocenters. The van der Waals surface area contributed by atoms with Gasteiger partial charge in [-0.05, 0) is 25.0 Å². The zero-order chi connectivity index (χ0) is 12.5. The molecule has 0 amide bonds. The lowest BCUT2D eigenvalue weighted by Gasteiger charge is -2.24. The number of hydrogen-bond acceptors (Lipinski definition) is 2. The molecule has 2 nitrogen and oxygen atoms in total. The lowest BCUT2D eigenvalue weighted by atomic mass is 10.2. The second-order valence-corrected chi connectivity index (χ2v) is 4.35. The molecular weight excluding hydrogens is 253 g/mol. The maximum absolute atomic E-state index is 12.6. The summed E-state index contributed by atoms with van der Waals surface area (Å²) < 4.78 is 37.7. The number of alkyl halides is 4. The standard InChI is InChI=1S/C11H12ClF3N2/c12-7-9-2-1-5-17(9)10-6-8(3-4-16-10)11(13,14)15/h3-4,6,9H,1-2,5,7H2. The van der Waals surface area contributed by atoms with E-state index in [0.717, 1.165) is 25.0 Å². The Morgan fingerprint density at radius 2 is 2.24 bits per heavy atom. The highest BCUT2D eigenvalue weighted by molar-refractivity contribution is 6.18. The van der Waals surface area contributed by atoms with Crippen molar-refractivity contribution in [3.05, 3.63) is 23.9 Å². The molecule has 1 saturated heterocycles. The van der Waals surface area contributed by atoms with Crippen LogP contribution in [0.25, 0.3) is 0 Å². The molecule has 94 valence electrons. The SMILES string of the molecule is FC(F)(F)c1ccnc(N2CCCC2CCl)c1. The van der Waals surface area contributed by atoms with Gasteiger partial charge in [0, 0.05) is 24.7 Å². The first kappa shape index (κ1) is 12.5. The Labute approximate surface area is 102 Å². The number of pyridine rings is 1. The minimum absolute atomic E-state index is 0.0904. The van der Waals surface area contributed by atoms with Crippen molar-refractivity contribution in [3.8, 4) is 0 Å². The van der Waals surface area contributed by atoms with E-state index in [-0.39, 0.29) is 6.04 Å². The number of nitrogens with zero attached hydrogens (tertiary/aromatic N) is 2. The number of hydrogen-bond donors (Lipinski definition) is 0. The van der Waals surface area contributed by atoms with Crippen molar-refractivity contribution in [2.24, 2.45) is 0 Å². The third-order valence-electron chi connectivity index (χ3n) is 2.92. The highest BCUT2D eigenvalue weighted by Crippen LogP contribution is 2.32. The third kappa shape index (κ3) is 2.65. The van der Waals surface area contributed by atoms with E-state index < -0.39 is 11.7 Å². The zero-order valence-corrected chi connectivity index (χ0v) is 9.80. The molecule has 17 heavy (non-hydrogen) atoms. The van der Waals surface area contributed by atoms with Crippen LogP contribution in [0.4, 0.5) is 19.0 Å². The fraction of sp³-hybridized carbons (Fsp3) is 0.545. The van der Waals surface area contributed by atoms with Crippen LogP contribution in [-0.4, -0.2) is 23.5 Å². The molecule has 2 rings (SSSR count). The van der Waals surface area contributed by atoms with Gasteiger partial charge in [-0.2, -0.15) is 13.2 Å². The first-order chi connectivity index (χ1) is 8.02. The van der Waals surface area contributed by atoms with Crippen LogP contribution in [0, 0.1) is 0 Å². The Morgan fingerprint density at radius 1 is 1.47 bits per heavy atom. The van der Waals surface area contributed by atoms with Gasteiger partial charge in [0.2, 0.25) is 0 Å². The Kier molecular flexibility index (Phi) is 3.47. The summed E-state index contributed by atoms with van der Waals surface area (Å²) in [5.41, 5.74) is -0.664. The predicted octanol–water partition coefficient (Wildman–Crippen LogP) is 3.31. The lowest BCUT2D eigenvalue weighted by Crippen LogP contribution is -2.31. The Balaban J connectivity index is 2.27. The van der Waals surface area contributed by atoms with Crippen molar-refractivity contribution in [3.63, 3.8) is 0 Å². The van der Waals surface area contributed by atoms with E-state index in [1.165, 1.54) is 6.20 Å². The molecule has 2 heterocycles. The maximum Gasteiger partial charge on any atom is 0.416 e. The first-order valence-electron chi connectivity index (χ1n) is 5.38. The summed E-state index contributed by atoms with van der Waals surface area (Å²) in [6.07, 6.45) is -1.29. The molecule has 0 saturated carbocycles. The smallest absolute Gasteiger partial charge is 0.352 e. The van der Waals surface area contributed by atoms with E-state index in [1.54, 1.807) is 0 Å². The van der Waals surface area contributed by atoms with Gasteiger partial charge in [-0.25, -0.2) is 4.98 Å². The highest BCUT2D eigenvalue weighted by Gasteiger charge is 2.32. The Bertz CT molecular complexity index is 395. The summed E-state index contributed by atoms with van der Waals surface area (Å²) >= 11 is 5.79.